The van der Waals surface area contributed by atoms with Crippen molar-refractivity contribution in [2.75, 3.05) is 42.9 Å². The third kappa shape index (κ3) is 4.82. The Morgan fingerprint density at radius 1 is 1.00 bits per heavy atom. The molecule has 8 heteroatoms. The molecule has 2 aromatic carbocycles. The number of piperazine rings is 1. The van der Waals surface area contributed by atoms with Crippen LogP contribution in [0.15, 0.2) is 48.5 Å². The van der Waals surface area contributed by atoms with Crippen molar-refractivity contribution >= 4 is 40.8 Å². The fourth-order valence-electron chi connectivity index (χ4n) is 4.08. The van der Waals surface area contributed by atoms with Crippen LogP contribution in [0.5, 0.6) is 0 Å². The molecule has 1 atom stereocenters. The Morgan fingerprint density at radius 3 is 2.42 bits per heavy atom. The SMILES string of the molecule is Cc1cccc(NC(=O)N2CCN(C(=O)C3CC(=O)N(c4cccc(Cl)c4)C3)CC2)c1. The second kappa shape index (κ2) is 8.98. The Hall–Kier alpha value is -3.06. The van der Waals surface area contributed by atoms with E-state index in [1.54, 1.807) is 32.9 Å². The van der Waals surface area contributed by atoms with Gasteiger partial charge in [-0.1, -0.05) is 29.8 Å². The maximum atomic E-state index is 13.0. The summed E-state index contributed by atoms with van der Waals surface area (Å²) >= 11 is 6.04. The summed E-state index contributed by atoms with van der Waals surface area (Å²) in [6, 6.07) is 14.6. The topological polar surface area (TPSA) is 73.0 Å². The third-order valence-electron chi connectivity index (χ3n) is 5.74. The Kier molecular flexibility index (Phi) is 6.13. The number of aryl methyl sites for hydroxylation is 1. The van der Waals surface area contributed by atoms with Gasteiger partial charge in [0.2, 0.25) is 11.8 Å². The Bertz CT molecular complexity index is 1000. The molecular weight excluding hydrogens is 416 g/mol. The maximum Gasteiger partial charge on any atom is 0.321 e. The predicted molar refractivity (Wildman–Crippen MR) is 120 cm³/mol. The standard InChI is InChI=1S/C23H25ClN4O3/c1-16-4-2-6-19(12-16)25-23(31)27-10-8-26(9-11-27)22(30)17-13-21(29)28(15-17)20-7-3-5-18(24)14-20/h2-7,12,14,17H,8-11,13,15H2,1H3,(H,25,31). The van der Waals surface area contributed by atoms with E-state index in [0.717, 1.165) is 11.3 Å². The smallest absolute Gasteiger partial charge is 0.321 e. The molecule has 0 aromatic heterocycles. The molecule has 1 N–H and O–H groups in total. The molecule has 4 amide bonds. The van der Waals surface area contributed by atoms with Crippen molar-refractivity contribution in [2.45, 2.75) is 13.3 Å². The van der Waals surface area contributed by atoms with Crippen molar-refractivity contribution in [1.29, 1.82) is 0 Å². The number of halogens is 1. The van der Waals surface area contributed by atoms with E-state index >= 15 is 0 Å². The molecule has 162 valence electrons. The van der Waals surface area contributed by atoms with E-state index in [1.165, 1.54) is 0 Å². The molecule has 0 spiro atoms. The van der Waals surface area contributed by atoms with E-state index in [4.69, 9.17) is 11.6 Å². The molecule has 2 heterocycles. The summed E-state index contributed by atoms with van der Waals surface area (Å²) in [7, 11) is 0. The van der Waals surface area contributed by atoms with Crippen molar-refractivity contribution in [3.05, 3.63) is 59.1 Å². The number of amides is 4. The first-order valence-electron chi connectivity index (χ1n) is 10.4. The lowest BCUT2D eigenvalue weighted by Gasteiger charge is -2.35. The number of hydrogen-bond donors (Lipinski definition) is 1. The molecule has 0 bridgehead atoms. The van der Waals surface area contributed by atoms with Crippen LogP contribution in [0.25, 0.3) is 0 Å². The van der Waals surface area contributed by atoms with Crippen LogP contribution in [0.2, 0.25) is 5.02 Å². The average molecular weight is 441 g/mol. The number of carbonyl (C=O) groups is 3. The van der Waals surface area contributed by atoms with Crippen LogP contribution in [-0.4, -0.2) is 60.4 Å². The van der Waals surface area contributed by atoms with Crippen molar-refractivity contribution in [2.24, 2.45) is 5.92 Å². The van der Waals surface area contributed by atoms with Gasteiger partial charge in [-0.15, -0.1) is 0 Å². The fourth-order valence-corrected chi connectivity index (χ4v) is 4.26. The summed E-state index contributed by atoms with van der Waals surface area (Å²) in [5.41, 5.74) is 2.55. The normalized spacial score (nSPS) is 19.0. The predicted octanol–water partition coefficient (Wildman–Crippen LogP) is 3.38. The fraction of sp³-hybridized carbons (Fsp3) is 0.348. The van der Waals surface area contributed by atoms with Crippen LogP contribution in [0.4, 0.5) is 16.2 Å². The van der Waals surface area contributed by atoms with E-state index in [9.17, 15) is 14.4 Å². The van der Waals surface area contributed by atoms with E-state index in [2.05, 4.69) is 5.32 Å². The minimum atomic E-state index is -0.376. The molecule has 7 nitrogen and oxygen atoms in total. The molecule has 31 heavy (non-hydrogen) atoms. The van der Waals surface area contributed by atoms with Gasteiger partial charge < -0.3 is 20.0 Å². The van der Waals surface area contributed by atoms with Gasteiger partial charge in [-0.05, 0) is 42.8 Å². The number of nitrogens with zero attached hydrogens (tertiary/aromatic N) is 3. The quantitative estimate of drug-likeness (QED) is 0.795. The monoisotopic (exact) mass is 440 g/mol. The summed E-state index contributed by atoms with van der Waals surface area (Å²) in [6.07, 6.45) is 0.194. The summed E-state index contributed by atoms with van der Waals surface area (Å²) in [5, 5.41) is 3.46. The van der Waals surface area contributed by atoms with Gasteiger partial charge in [-0.2, -0.15) is 0 Å². The number of nitrogens with one attached hydrogen (secondary N) is 1. The zero-order chi connectivity index (χ0) is 22.0. The zero-order valence-corrected chi connectivity index (χ0v) is 18.1. The van der Waals surface area contributed by atoms with Crippen LogP contribution in [0.3, 0.4) is 0 Å². The van der Waals surface area contributed by atoms with Gasteiger partial charge in [0.05, 0.1) is 5.92 Å². The maximum absolute atomic E-state index is 13.0. The minimum Gasteiger partial charge on any atom is -0.339 e. The molecule has 2 saturated heterocycles. The lowest BCUT2D eigenvalue weighted by atomic mass is 10.1. The van der Waals surface area contributed by atoms with E-state index in [-0.39, 0.29) is 30.2 Å². The largest absolute Gasteiger partial charge is 0.339 e. The van der Waals surface area contributed by atoms with Crippen LogP contribution < -0.4 is 10.2 Å². The molecule has 4 rings (SSSR count). The molecule has 2 fully saturated rings. The molecular formula is C23H25ClN4O3. The van der Waals surface area contributed by atoms with Crippen LogP contribution in [0.1, 0.15) is 12.0 Å². The highest BCUT2D eigenvalue weighted by atomic mass is 35.5. The zero-order valence-electron chi connectivity index (χ0n) is 17.4. The van der Waals surface area contributed by atoms with Gasteiger partial charge in [0, 0.05) is 55.5 Å². The second-order valence-electron chi connectivity index (χ2n) is 8.00. The van der Waals surface area contributed by atoms with Crippen LogP contribution >= 0.6 is 11.6 Å². The Labute approximate surface area is 186 Å². The summed E-state index contributed by atoms with van der Waals surface area (Å²) < 4.78 is 0. The highest BCUT2D eigenvalue weighted by Gasteiger charge is 2.38. The Morgan fingerprint density at radius 2 is 1.71 bits per heavy atom. The molecule has 2 aliphatic rings. The molecule has 2 aromatic rings. The van der Waals surface area contributed by atoms with Crippen LogP contribution in [0, 0.1) is 12.8 Å². The lowest BCUT2D eigenvalue weighted by molar-refractivity contribution is -0.137. The molecule has 2 aliphatic heterocycles. The second-order valence-corrected chi connectivity index (χ2v) is 8.43. The first-order chi connectivity index (χ1) is 14.9. The molecule has 0 radical (unpaired) electrons. The van der Waals surface area contributed by atoms with Gasteiger partial charge in [0.15, 0.2) is 0 Å². The van der Waals surface area contributed by atoms with Gasteiger partial charge >= 0.3 is 6.03 Å². The van der Waals surface area contributed by atoms with Crippen molar-refractivity contribution in [3.8, 4) is 0 Å². The third-order valence-corrected chi connectivity index (χ3v) is 5.98. The van der Waals surface area contributed by atoms with Gasteiger partial charge in [0.25, 0.3) is 0 Å². The summed E-state index contributed by atoms with van der Waals surface area (Å²) in [4.78, 5) is 43.1. The van der Waals surface area contributed by atoms with Crippen LogP contribution in [-0.2, 0) is 9.59 Å². The van der Waals surface area contributed by atoms with E-state index in [0.29, 0.717) is 43.4 Å². The number of urea groups is 1. The number of anilines is 2. The number of rotatable bonds is 3. The number of hydrogen-bond acceptors (Lipinski definition) is 3. The van der Waals surface area contributed by atoms with Gasteiger partial charge in [-0.25, -0.2) is 4.79 Å². The van der Waals surface area contributed by atoms with E-state index in [1.807, 2.05) is 37.3 Å². The minimum absolute atomic E-state index is 0.0309. The Balaban J connectivity index is 1.31. The number of carbonyl (C=O) groups excluding carboxylic acids is 3. The van der Waals surface area contributed by atoms with E-state index < -0.39 is 0 Å². The highest BCUT2D eigenvalue weighted by Crippen LogP contribution is 2.28. The lowest BCUT2D eigenvalue weighted by Crippen LogP contribution is -2.53. The average Bonchev–Trinajstić information content (AvgIpc) is 3.15. The van der Waals surface area contributed by atoms with Gasteiger partial charge in [0.1, 0.15) is 0 Å². The molecule has 0 aliphatic carbocycles. The first kappa shape index (κ1) is 21.2. The molecule has 1 unspecified atom stereocenters. The van der Waals surface area contributed by atoms with Gasteiger partial charge in [-0.3, -0.25) is 9.59 Å². The first-order valence-corrected chi connectivity index (χ1v) is 10.8. The van der Waals surface area contributed by atoms with Crippen molar-refractivity contribution in [3.63, 3.8) is 0 Å². The molecule has 0 saturated carbocycles. The summed E-state index contributed by atoms with van der Waals surface area (Å²) in [5.74, 6) is -0.479. The number of benzene rings is 2. The highest BCUT2D eigenvalue weighted by molar-refractivity contribution is 6.31. The van der Waals surface area contributed by atoms with Crippen molar-refractivity contribution < 1.29 is 14.4 Å². The summed E-state index contributed by atoms with van der Waals surface area (Å²) in [6.45, 7) is 4.17. The van der Waals surface area contributed by atoms with Crippen molar-refractivity contribution in [1.82, 2.24) is 9.80 Å².